The first-order valence-electron chi connectivity index (χ1n) is 17.1. The molecule has 0 aliphatic rings. The zero-order chi connectivity index (χ0) is 34.1. The molecule has 1 heteroatoms. The molecule has 0 radical (unpaired) electrons. The quantitative estimate of drug-likeness (QED) is 0.119. The molecule has 0 saturated heterocycles. The predicted molar refractivity (Wildman–Crippen MR) is 220 cm³/mol. The van der Waals surface area contributed by atoms with Crippen molar-refractivity contribution in [2.75, 3.05) is 18.8 Å². The Labute approximate surface area is 293 Å². The van der Waals surface area contributed by atoms with Crippen LogP contribution < -0.4 is 0 Å². The molecule has 0 saturated carbocycles. The molecule has 0 heterocycles. The van der Waals surface area contributed by atoms with Crippen molar-refractivity contribution in [3.05, 3.63) is 168 Å². The van der Waals surface area contributed by atoms with Gasteiger partial charge in [-0.05, 0) is 134 Å². The standard InChI is InChI=1S/C48H44S/c1-7-8-9-18-35-19-10-11-22-40(35)36-25-27-42-44(31-36)47(38-20-14-16-33(2)29-38)43-28-26-37(41-23-12-13-24-46(41)49(4,5)6)32-45(43)48(42)39-21-15-17-34(3)30-39/h7-32H,1-6H3/b8-7-,18-9-. The molecule has 7 rings (SSSR count). The van der Waals surface area contributed by atoms with Crippen LogP contribution in [0.3, 0.4) is 0 Å². The van der Waals surface area contributed by atoms with Gasteiger partial charge in [-0.25, -0.2) is 10.0 Å². The molecule has 0 amide bonds. The number of hydrogen-bond donors (Lipinski definition) is 0. The van der Waals surface area contributed by atoms with Gasteiger partial charge in [0.05, 0.1) is 0 Å². The average molecular weight is 653 g/mol. The van der Waals surface area contributed by atoms with Crippen LogP contribution in [0.5, 0.6) is 0 Å². The fourth-order valence-corrected chi connectivity index (χ4v) is 8.53. The Hall–Kier alpha value is -5.11. The summed E-state index contributed by atoms with van der Waals surface area (Å²) in [6.07, 6.45) is 15.6. The van der Waals surface area contributed by atoms with Crippen molar-refractivity contribution >= 4 is 37.6 Å². The molecule has 242 valence electrons. The minimum absolute atomic E-state index is 0.944. The molecule has 7 aromatic carbocycles. The number of benzene rings is 7. The first-order valence-corrected chi connectivity index (χ1v) is 19.9. The molecular formula is C48H44S. The lowest BCUT2D eigenvalue weighted by Gasteiger charge is -2.29. The minimum Gasteiger partial charge on any atom is -0.223 e. The van der Waals surface area contributed by atoms with E-state index in [0.717, 1.165) is 0 Å². The zero-order valence-electron chi connectivity index (χ0n) is 29.4. The first kappa shape index (κ1) is 32.4. The van der Waals surface area contributed by atoms with Crippen LogP contribution in [0.4, 0.5) is 0 Å². The fourth-order valence-electron chi connectivity index (χ4n) is 7.20. The first-order chi connectivity index (χ1) is 23.7. The summed E-state index contributed by atoms with van der Waals surface area (Å²) < 4.78 is 0. The summed E-state index contributed by atoms with van der Waals surface area (Å²) in [4.78, 5) is 1.44. The summed E-state index contributed by atoms with van der Waals surface area (Å²) in [5, 5.41) is 5.10. The summed E-state index contributed by atoms with van der Waals surface area (Å²) in [7, 11) is -0.944. The Bertz CT molecular complexity index is 2400. The van der Waals surface area contributed by atoms with Gasteiger partial charge in [-0.15, -0.1) is 0 Å². The predicted octanol–water partition coefficient (Wildman–Crippen LogP) is 13.9. The Kier molecular flexibility index (Phi) is 8.88. The lowest BCUT2D eigenvalue weighted by atomic mass is 9.83. The number of rotatable bonds is 7. The molecular weight excluding hydrogens is 609 g/mol. The second kappa shape index (κ2) is 13.4. The van der Waals surface area contributed by atoms with Gasteiger partial charge in [0.15, 0.2) is 0 Å². The highest BCUT2D eigenvalue weighted by Gasteiger charge is 2.20. The van der Waals surface area contributed by atoms with Crippen molar-refractivity contribution in [3.63, 3.8) is 0 Å². The maximum absolute atomic E-state index is 2.46. The van der Waals surface area contributed by atoms with Gasteiger partial charge in [0.1, 0.15) is 0 Å². The average Bonchev–Trinajstić information content (AvgIpc) is 3.10. The smallest absolute Gasteiger partial charge is 0.00260 e. The van der Waals surface area contributed by atoms with Gasteiger partial charge in [-0.3, -0.25) is 0 Å². The van der Waals surface area contributed by atoms with E-state index in [2.05, 4.69) is 197 Å². The number of hydrogen-bond acceptors (Lipinski definition) is 0. The maximum atomic E-state index is 2.46. The van der Waals surface area contributed by atoms with Crippen LogP contribution in [0.25, 0.3) is 72.1 Å². The summed E-state index contributed by atoms with van der Waals surface area (Å²) in [6.45, 7) is 6.44. The van der Waals surface area contributed by atoms with E-state index < -0.39 is 10.0 Å². The third-order valence-corrected chi connectivity index (χ3v) is 11.1. The zero-order valence-corrected chi connectivity index (χ0v) is 30.2. The summed E-state index contributed by atoms with van der Waals surface area (Å²) in [6, 6.07) is 50.0. The molecule has 0 aliphatic carbocycles. The van der Waals surface area contributed by atoms with Gasteiger partial charge in [0.25, 0.3) is 0 Å². The number of fused-ring (bicyclic) bond motifs is 2. The fraction of sp³-hybridized carbons (Fsp3) is 0.125. The normalized spacial score (nSPS) is 12.4. The van der Waals surface area contributed by atoms with Crippen molar-refractivity contribution in [1.29, 1.82) is 0 Å². The largest absolute Gasteiger partial charge is 0.223 e. The van der Waals surface area contributed by atoms with Crippen molar-refractivity contribution in [2.45, 2.75) is 25.7 Å². The van der Waals surface area contributed by atoms with E-state index in [1.165, 1.54) is 87.6 Å². The molecule has 0 aromatic heterocycles. The topological polar surface area (TPSA) is 0 Å². The highest BCUT2D eigenvalue weighted by Crippen LogP contribution is 2.51. The highest BCUT2D eigenvalue weighted by atomic mass is 32.3. The van der Waals surface area contributed by atoms with Crippen molar-refractivity contribution < 1.29 is 0 Å². The van der Waals surface area contributed by atoms with Crippen LogP contribution in [0, 0.1) is 13.8 Å². The Morgan fingerprint density at radius 3 is 1.53 bits per heavy atom. The van der Waals surface area contributed by atoms with Crippen molar-refractivity contribution in [3.8, 4) is 44.5 Å². The van der Waals surface area contributed by atoms with E-state index >= 15 is 0 Å². The molecule has 49 heavy (non-hydrogen) atoms. The van der Waals surface area contributed by atoms with Crippen molar-refractivity contribution in [2.24, 2.45) is 0 Å². The van der Waals surface area contributed by atoms with Crippen LogP contribution in [0.1, 0.15) is 23.6 Å². The van der Waals surface area contributed by atoms with Gasteiger partial charge in [-0.2, -0.15) is 0 Å². The van der Waals surface area contributed by atoms with E-state index in [1.807, 2.05) is 0 Å². The van der Waals surface area contributed by atoms with Gasteiger partial charge in [0.2, 0.25) is 0 Å². The molecule has 0 unspecified atom stereocenters. The molecule has 0 aliphatic heterocycles. The van der Waals surface area contributed by atoms with Gasteiger partial charge in [0, 0.05) is 0 Å². The highest BCUT2D eigenvalue weighted by molar-refractivity contribution is 8.32. The lowest BCUT2D eigenvalue weighted by Crippen LogP contribution is -1.97. The third-order valence-electron chi connectivity index (χ3n) is 9.44. The van der Waals surface area contributed by atoms with Crippen LogP contribution in [0.2, 0.25) is 0 Å². The van der Waals surface area contributed by atoms with Gasteiger partial charge in [-0.1, -0.05) is 151 Å². The third kappa shape index (κ3) is 6.40. The molecule has 0 bridgehead atoms. The van der Waals surface area contributed by atoms with Crippen molar-refractivity contribution in [1.82, 2.24) is 0 Å². The molecule has 7 aromatic rings. The van der Waals surface area contributed by atoms with E-state index in [0.29, 0.717) is 0 Å². The number of allylic oxidation sites excluding steroid dienone is 3. The SMILES string of the molecule is C/C=C\C=C/c1ccccc1-c1ccc2c(-c3cccc(C)c3)c3cc(-c4ccccc4S(C)(C)C)ccc3c(-c3cccc(C)c3)c2c1. The molecule has 0 spiro atoms. The second-order valence-corrected chi connectivity index (χ2v) is 17.9. The summed E-state index contributed by atoms with van der Waals surface area (Å²) in [5.41, 5.74) is 13.9. The van der Waals surface area contributed by atoms with E-state index in [4.69, 9.17) is 0 Å². The number of aryl methyl sites for hydroxylation is 2. The summed E-state index contributed by atoms with van der Waals surface area (Å²) >= 11 is 0. The van der Waals surface area contributed by atoms with E-state index in [9.17, 15) is 0 Å². The van der Waals surface area contributed by atoms with Gasteiger partial charge >= 0.3 is 0 Å². The monoisotopic (exact) mass is 652 g/mol. The Morgan fingerprint density at radius 1 is 0.449 bits per heavy atom. The van der Waals surface area contributed by atoms with E-state index in [-0.39, 0.29) is 0 Å². The molecule has 0 atom stereocenters. The minimum atomic E-state index is -0.944. The maximum Gasteiger partial charge on any atom is -0.00260 e. The summed E-state index contributed by atoms with van der Waals surface area (Å²) in [5.74, 6) is 0. The lowest BCUT2D eigenvalue weighted by molar-refractivity contribution is 1.43. The Balaban J connectivity index is 1.62. The van der Waals surface area contributed by atoms with Crippen LogP contribution in [-0.2, 0) is 0 Å². The Morgan fingerprint density at radius 2 is 0.980 bits per heavy atom. The van der Waals surface area contributed by atoms with Crippen LogP contribution >= 0.6 is 10.0 Å². The molecule has 0 fully saturated rings. The second-order valence-electron chi connectivity index (χ2n) is 13.8. The van der Waals surface area contributed by atoms with Gasteiger partial charge < -0.3 is 0 Å². The van der Waals surface area contributed by atoms with Crippen LogP contribution in [0.15, 0.2) is 157 Å². The van der Waals surface area contributed by atoms with Crippen LogP contribution in [-0.4, -0.2) is 18.8 Å². The van der Waals surface area contributed by atoms with E-state index in [1.54, 1.807) is 0 Å². The molecule has 0 nitrogen and oxygen atoms in total. The molecule has 0 N–H and O–H groups in total.